The molecule has 2 atom stereocenters. The largest absolute Gasteiger partial charge is 0.416 e. The van der Waals surface area contributed by atoms with Crippen LogP contribution in [0.1, 0.15) is 80.1 Å². The molecule has 0 spiro atoms. The van der Waals surface area contributed by atoms with E-state index in [1.807, 2.05) is 68.4 Å². The zero-order valence-electron chi connectivity index (χ0n) is 35.3. The van der Waals surface area contributed by atoms with E-state index < -0.39 is 28.7 Å². The summed E-state index contributed by atoms with van der Waals surface area (Å²) in [5.41, 5.74) is 7.18. The molecule has 5 nitrogen and oxygen atoms in total. The number of halogens is 7. The van der Waals surface area contributed by atoms with Crippen LogP contribution in [0.3, 0.4) is 0 Å². The molecule has 0 bridgehead atoms. The molecule has 0 saturated heterocycles. The second kappa shape index (κ2) is 24.6. The summed E-state index contributed by atoms with van der Waals surface area (Å²) in [6.45, 7) is 14.0. The molecule has 0 heterocycles. The maximum absolute atomic E-state index is 12.8. The molecular weight excluding hydrogens is 824 g/mol. The average Bonchev–Trinajstić information content (AvgIpc) is 3.25. The minimum absolute atomic E-state index is 0.103. The van der Waals surface area contributed by atoms with Crippen LogP contribution >= 0.6 is 11.6 Å². The van der Waals surface area contributed by atoms with E-state index in [0.717, 1.165) is 46.7 Å². The molecule has 0 saturated carbocycles. The van der Waals surface area contributed by atoms with Gasteiger partial charge in [-0.1, -0.05) is 136 Å². The van der Waals surface area contributed by atoms with Crippen LogP contribution in [0.5, 0.6) is 0 Å². The topological polar surface area (TPSA) is 75.4 Å². The number of nitrogens with two attached hydrogens (primary N) is 1. The Balaban J connectivity index is 0.000000247. The van der Waals surface area contributed by atoms with Crippen LogP contribution in [0.2, 0.25) is 0 Å². The standard InChI is InChI=1S/C22H18F3NO.C12H13N.C10H6ClF3O.C6H15N/c1-15(19-11-5-8-17-7-2-3-10-20(17)19)26-21(27)13-12-16-6-4-9-18(14-16)22(23,24)25;1-9(13)11-8-4-6-10-5-2-3-7-12(10)11;11-9(15)5-4-7-2-1-3-8(6-7)10(12,13)14;1-4-7(5-2)6-3/h2-15H,1H3,(H,26,27);2-9H,13H2,1H3;1-6H;4-6H2,1-3H3/b13-12+;;5-4+;/t15-;9-;;/m11../s1. The maximum atomic E-state index is 12.8. The van der Waals surface area contributed by atoms with E-state index in [1.165, 1.54) is 78.5 Å². The van der Waals surface area contributed by atoms with E-state index in [1.54, 1.807) is 0 Å². The Kier molecular flexibility index (Phi) is 20.1. The molecule has 12 heteroatoms. The first-order chi connectivity index (χ1) is 29.4. The zero-order chi connectivity index (χ0) is 45.9. The van der Waals surface area contributed by atoms with Crippen molar-refractivity contribution in [1.29, 1.82) is 0 Å². The number of fused-ring (bicyclic) bond motifs is 2. The summed E-state index contributed by atoms with van der Waals surface area (Å²) >= 11 is 5.01. The van der Waals surface area contributed by atoms with Crippen molar-refractivity contribution >= 4 is 56.4 Å². The predicted molar refractivity (Wildman–Crippen MR) is 242 cm³/mol. The summed E-state index contributed by atoms with van der Waals surface area (Å²) < 4.78 is 75.0. The van der Waals surface area contributed by atoms with E-state index >= 15 is 0 Å². The first-order valence-corrected chi connectivity index (χ1v) is 20.4. The van der Waals surface area contributed by atoms with Crippen LogP contribution in [0, 0.1) is 0 Å². The Hall–Kier alpha value is -5.75. The van der Waals surface area contributed by atoms with E-state index in [9.17, 15) is 35.9 Å². The number of amides is 1. The van der Waals surface area contributed by atoms with E-state index in [-0.39, 0.29) is 23.6 Å². The third-order valence-corrected chi connectivity index (χ3v) is 9.69. The number of carbonyl (C=O) groups excluding carboxylic acids is 2. The predicted octanol–water partition coefficient (Wildman–Crippen LogP) is 13.4. The fourth-order valence-electron chi connectivity index (χ4n) is 6.26. The number of allylic oxidation sites excluding steroid dienone is 1. The van der Waals surface area contributed by atoms with Gasteiger partial charge in [0.05, 0.1) is 17.2 Å². The van der Waals surface area contributed by atoms with Gasteiger partial charge < -0.3 is 16.0 Å². The van der Waals surface area contributed by atoms with Crippen molar-refractivity contribution in [1.82, 2.24) is 10.2 Å². The third kappa shape index (κ3) is 16.6. The lowest BCUT2D eigenvalue weighted by Crippen LogP contribution is -2.24. The van der Waals surface area contributed by atoms with Crippen molar-refractivity contribution < 1.29 is 35.9 Å². The molecule has 0 aliphatic heterocycles. The van der Waals surface area contributed by atoms with E-state index in [2.05, 4.69) is 61.3 Å². The van der Waals surface area contributed by atoms with Crippen LogP contribution in [0.25, 0.3) is 33.7 Å². The van der Waals surface area contributed by atoms with Gasteiger partial charge in [0, 0.05) is 12.1 Å². The lowest BCUT2D eigenvalue weighted by Gasteiger charge is -2.15. The molecule has 6 rings (SSSR count). The van der Waals surface area contributed by atoms with Crippen molar-refractivity contribution in [3.05, 3.63) is 179 Å². The van der Waals surface area contributed by atoms with Gasteiger partial charge in [0.1, 0.15) is 0 Å². The fraction of sp³-hybridized carbons (Fsp3) is 0.240. The quantitative estimate of drug-likeness (QED) is 0.0817. The highest BCUT2D eigenvalue weighted by Gasteiger charge is 2.31. The highest BCUT2D eigenvalue weighted by atomic mass is 35.5. The zero-order valence-corrected chi connectivity index (χ0v) is 36.0. The Labute approximate surface area is 364 Å². The molecular formula is C50H52ClF6N3O2. The van der Waals surface area contributed by atoms with Crippen molar-refractivity contribution in [2.45, 2.75) is 59.1 Å². The normalized spacial score (nSPS) is 12.5. The van der Waals surface area contributed by atoms with Gasteiger partial charge in [-0.05, 0) is 125 Å². The van der Waals surface area contributed by atoms with Gasteiger partial charge in [0.15, 0.2) is 0 Å². The average molecular weight is 876 g/mol. The molecule has 0 radical (unpaired) electrons. The van der Waals surface area contributed by atoms with Crippen molar-refractivity contribution in [3.8, 4) is 0 Å². The van der Waals surface area contributed by atoms with Gasteiger partial charge in [-0.25, -0.2) is 0 Å². The molecule has 0 aromatic heterocycles. The number of alkyl halides is 6. The third-order valence-electron chi connectivity index (χ3n) is 9.57. The Bertz CT molecular complexity index is 2390. The highest BCUT2D eigenvalue weighted by molar-refractivity contribution is 6.66. The first kappa shape index (κ1) is 50.6. The number of nitrogens with zero attached hydrogens (tertiary/aromatic N) is 1. The highest BCUT2D eigenvalue weighted by Crippen LogP contribution is 2.31. The molecule has 1 amide bonds. The van der Waals surface area contributed by atoms with Crippen LogP contribution in [0.4, 0.5) is 26.3 Å². The number of benzene rings is 6. The molecule has 0 unspecified atom stereocenters. The lowest BCUT2D eigenvalue weighted by molar-refractivity contribution is -0.138. The fourth-order valence-corrected chi connectivity index (χ4v) is 6.32. The Morgan fingerprint density at radius 1 is 0.613 bits per heavy atom. The molecule has 62 heavy (non-hydrogen) atoms. The summed E-state index contributed by atoms with van der Waals surface area (Å²) in [5.74, 6) is -0.368. The number of hydrogen-bond donors (Lipinski definition) is 2. The van der Waals surface area contributed by atoms with Gasteiger partial charge in [-0.3, -0.25) is 9.59 Å². The first-order valence-electron chi connectivity index (χ1n) is 20.0. The van der Waals surface area contributed by atoms with Crippen molar-refractivity contribution in [3.63, 3.8) is 0 Å². The van der Waals surface area contributed by atoms with Crippen LogP contribution in [0.15, 0.2) is 146 Å². The minimum atomic E-state index is -4.41. The number of nitrogens with one attached hydrogen (secondary N) is 1. The molecule has 328 valence electrons. The molecule has 3 N–H and O–H groups in total. The van der Waals surface area contributed by atoms with Gasteiger partial charge in [-0.15, -0.1) is 0 Å². The summed E-state index contributed by atoms with van der Waals surface area (Å²) in [7, 11) is 0. The number of hydrogen-bond acceptors (Lipinski definition) is 4. The smallest absolute Gasteiger partial charge is 0.346 e. The molecule has 6 aromatic carbocycles. The van der Waals surface area contributed by atoms with Crippen molar-refractivity contribution in [2.24, 2.45) is 5.73 Å². The van der Waals surface area contributed by atoms with Crippen molar-refractivity contribution in [2.75, 3.05) is 19.6 Å². The number of carbonyl (C=O) groups is 2. The van der Waals surface area contributed by atoms with Gasteiger partial charge >= 0.3 is 12.4 Å². The molecule has 0 aliphatic carbocycles. The second-order valence-electron chi connectivity index (χ2n) is 14.0. The SMILES string of the molecule is CCN(CC)CC.C[C@@H](N)c1cccc2ccccc12.C[C@@H](NC(=O)/C=C/c1cccc(C(F)(F)F)c1)c1cccc2ccccc12.O=C(Cl)/C=C/c1cccc(C(F)(F)F)c1. The summed E-state index contributed by atoms with van der Waals surface area (Å²) in [6, 6.07) is 37.7. The number of rotatable bonds is 10. The monoisotopic (exact) mass is 875 g/mol. The van der Waals surface area contributed by atoms with Gasteiger partial charge in [0.2, 0.25) is 11.1 Å². The van der Waals surface area contributed by atoms with Crippen LogP contribution in [-0.4, -0.2) is 35.7 Å². The molecule has 0 aliphatic rings. The van der Waals surface area contributed by atoms with E-state index in [4.69, 9.17) is 17.3 Å². The van der Waals surface area contributed by atoms with Crippen LogP contribution in [-0.2, 0) is 21.9 Å². The van der Waals surface area contributed by atoms with Gasteiger partial charge in [0.25, 0.3) is 0 Å². The Morgan fingerprint density at radius 3 is 1.44 bits per heavy atom. The van der Waals surface area contributed by atoms with Crippen LogP contribution < -0.4 is 11.1 Å². The second-order valence-corrected chi connectivity index (χ2v) is 14.4. The van der Waals surface area contributed by atoms with E-state index in [0.29, 0.717) is 5.56 Å². The van der Waals surface area contributed by atoms with Gasteiger partial charge in [-0.2, -0.15) is 26.3 Å². The lowest BCUT2D eigenvalue weighted by atomic mass is 10.00. The summed E-state index contributed by atoms with van der Waals surface area (Å²) in [5, 5.41) is 6.78. The Morgan fingerprint density at radius 2 is 1.02 bits per heavy atom. The maximum Gasteiger partial charge on any atom is 0.416 e. The summed E-state index contributed by atoms with van der Waals surface area (Å²) in [6.07, 6.45) is -3.94. The minimum Gasteiger partial charge on any atom is -0.346 e. The summed E-state index contributed by atoms with van der Waals surface area (Å²) in [4.78, 5) is 24.9. The molecule has 0 fully saturated rings. The molecule has 6 aromatic rings.